The molecule has 0 saturated heterocycles. The lowest BCUT2D eigenvalue weighted by atomic mass is 10.1. The minimum atomic E-state index is 0.159. The zero-order chi connectivity index (χ0) is 14.7. The first-order valence-electron chi connectivity index (χ1n) is 6.97. The molecule has 0 saturated carbocycles. The van der Waals surface area contributed by atoms with E-state index in [-0.39, 0.29) is 12.5 Å². The smallest absolute Gasteiger partial charge is 0.176 e. The van der Waals surface area contributed by atoms with Crippen molar-refractivity contribution in [2.24, 2.45) is 5.92 Å². The molecule has 4 nitrogen and oxygen atoms in total. The summed E-state index contributed by atoms with van der Waals surface area (Å²) in [5, 5.41) is 11.7. The summed E-state index contributed by atoms with van der Waals surface area (Å²) in [4.78, 5) is 5.67. The monoisotopic (exact) mass is 302 g/mol. The normalized spacial score (nSPS) is 12.7. The largest absolute Gasteiger partial charge is 0.458 e. The highest BCUT2D eigenvalue weighted by Gasteiger charge is 2.15. The average Bonchev–Trinajstić information content (AvgIpc) is 3.19. The van der Waals surface area contributed by atoms with Gasteiger partial charge in [0.05, 0.1) is 0 Å². The molecule has 1 atom stereocenters. The number of imidazole rings is 1. The van der Waals surface area contributed by atoms with E-state index < -0.39 is 0 Å². The number of thiophene rings is 1. The molecular weight excluding hydrogens is 284 g/mol. The summed E-state index contributed by atoms with van der Waals surface area (Å²) in [5.41, 5.74) is 0. The molecule has 21 heavy (non-hydrogen) atoms. The quantitative estimate of drug-likeness (QED) is 0.759. The van der Waals surface area contributed by atoms with Crippen LogP contribution in [-0.4, -0.2) is 21.3 Å². The highest BCUT2D eigenvalue weighted by Crippen LogP contribution is 2.22. The van der Waals surface area contributed by atoms with Crippen molar-refractivity contribution in [2.45, 2.75) is 19.9 Å². The minimum absolute atomic E-state index is 0.159. The Morgan fingerprint density at radius 1 is 1.38 bits per heavy atom. The molecule has 1 N–H and O–H groups in total. The standard InChI is InChI=1S/C16H18N2O2S/c1-12-4-5-15(20-12)16-17-6-7-18(16)10-13(11-19)9-14-3-2-8-21-14/h2-8,13,19H,9-11H2,1H3/t13-/m0/s1. The lowest BCUT2D eigenvalue weighted by molar-refractivity contribution is 0.211. The summed E-state index contributed by atoms with van der Waals surface area (Å²) < 4.78 is 7.69. The molecule has 0 fully saturated rings. The third kappa shape index (κ3) is 3.25. The maximum Gasteiger partial charge on any atom is 0.176 e. The molecular formula is C16H18N2O2S. The van der Waals surface area contributed by atoms with Crippen LogP contribution >= 0.6 is 11.3 Å². The minimum Gasteiger partial charge on any atom is -0.458 e. The van der Waals surface area contributed by atoms with E-state index in [0.29, 0.717) is 0 Å². The van der Waals surface area contributed by atoms with Gasteiger partial charge in [-0.1, -0.05) is 6.07 Å². The molecule has 0 spiro atoms. The van der Waals surface area contributed by atoms with Crippen molar-refractivity contribution in [3.63, 3.8) is 0 Å². The first kappa shape index (κ1) is 14.1. The van der Waals surface area contributed by atoms with Gasteiger partial charge in [0.25, 0.3) is 0 Å². The highest BCUT2D eigenvalue weighted by atomic mass is 32.1. The third-order valence-electron chi connectivity index (χ3n) is 3.46. The Labute approximate surface area is 127 Å². The average molecular weight is 302 g/mol. The molecule has 0 aliphatic heterocycles. The number of rotatable bonds is 6. The van der Waals surface area contributed by atoms with E-state index >= 15 is 0 Å². The van der Waals surface area contributed by atoms with Crippen LogP contribution in [0.5, 0.6) is 0 Å². The van der Waals surface area contributed by atoms with Crippen molar-refractivity contribution in [1.82, 2.24) is 9.55 Å². The van der Waals surface area contributed by atoms with Gasteiger partial charge in [-0.25, -0.2) is 4.98 Å². The molecule has 0 unspecified atom stereocenters. The summed E-state index contributed by atoms with van der Waals surface area (Å²) in [7, 11) is 0. The fraction of sp³-hybridized carbons (Fsp3) is 0.312. The van der Waals surface area contributed by atoms with Crippen molar-refractivity contribution in [3.05, 3.63) is 52.7 Å². The number of aromatic nitrogens is 2. The Bertz CT molecular complexity index is 685. The second kappa shape index (κ2) is 6.28. The van der Waals surface area contributed by atoms with Crippen molar-refractivity contribution >= 4 is 11.3 Å². The van der Waals surface area contributed by atoms with Crippen molar-refractivity contribution in [1.29, 1.82) is 0 Å². The van der Waals surface area contributed by atoms with Gasteiger partial charge in [0.15, 0.2) is 11.6 Å². The second-order valence-electron chi connectivity index (χ2n) is 5.15. The number of nitrogens with zero attached hydrogens (tertiary/aromatic N) is 2. The maximum absolute atomic E-state index is 9.64. The maximum atomic E-state index is 9.64. The second-order valence-corrected chi connectivity index (χ2v) is 6.18. The molecule has 3 rings (SSSR count). The van der Waals surface area contributed by atoms with Crippen molar-refractivity contribution in [2.75, 3.05) is 6.61 Å². The van der Waals surface area contributed by atoms with Crippen LogP contribution in [0.3, 0.4) is 0 Å². The summed E-state index contributed by atoms with van der Waals surface area (Å²) in [5.74, 6) is 2.63. The van der Waals surface area contributed by atoms with Crippen LogP contribution in [-0.2, 0) is 13.0 Å². The Kier molecular flexibility index (Phi) is 4.22. The van der Waals surface area contributed by atoms with Crippen LogP contribution in [0.15, 0.2) is 46.5 Å². The first-order valence-corrected chi connectivity index (χ1v) is 7.85. The Balaban J connectivity index is 1.76. The van der Waals surface area contributed by atoms with E-state index in [1.165, 1.54) is 4.88 Å². The van der Waals surface area contributed by atoms with Crippen LogP contribution in [0.25, 0.3) is 11.6 Å². The van der Waals surface area contributed by atoms with Gasteiger partial charge >= 0.3 is 0 Å². The fourth-order valence-electron chi connectivity index (χ4n) is 2.41. The number of aliphatic hydroxyl groups is 1. The SMILES string of the molecule is Cc1ccc(-c2nccn2C[C@@H](CO)Cc2cccs2)o1. The van der Waals surface area contributed by atoms with Crippen LogP contribution in [0, 0.1) is 12.8 Å². The Hall–Kier alpha value is -1.85. The zero-order valence-electron chi connectivity index (χ0n) is 11.9. The lowest BCUT2D eigenvalue weighted by Crippen LogP contribution is -2.17. The number of aliphatic hydroxyl groups excluding tert-OH is 1. The van der Waals surface area contributed by atoms with Crippen LogP contribution in [0.4, 0.5) is 0 Å². The lowest BCUT2D eigenvalue weighted by Gasteiger charge is -2.15. The van der Waals surface area contributed by atoms with Gasteiger partial charge in [-0.15, -0.1) is 11.3 Å². The van der Waals surface area contributed by atoms with Crippen LogP contribution in [0.2, 0.25) is 0 Å². The molecule has 0 amide bonds. The van der Waals surface area contributed by atoms with Gasteiger partial charge in [-0.3, -0.25) is 0 Å². The summed E-state index contributed by atoms with van der Waals surface area (Å²) in [6.07, 6.45) is 4.58. The molecule has 0 aliphatic rings. The van der Waals surface area contributed by atoms with E-state index in [0.717, 1.165) is 30.3 Å². The van der Waals surface area contributed by atoms with Gasteiger partial charge in [0.1, 0.15) is 5.76 Å². The molecule has 110 valence electrons. The molecule has 3 aromatic heterocycles. The molecule has 0 aliphatic carbocycles. The van der Waals surface area contributed by atoms with Gasteiger partial charge in [-0.2, -0.15) is 0 Å². The van der Waals surface area contributed by atoms with E-state index in [4.69, 9.17) is 4.42 Å². The van der Waals surface area contributed by atoms with Gasteiger partial charge in [-0.05, 0) is 36.9 Å². The molecule has 5 heteroatoms. The van der Waals surface area contributed by atoms with E-state index in [1.807, 2.05) is 35.9 Å². The van der Waals surface area contributed by atoms with E-state index in [1.54, 1.807) is 17.5 Å². The molecule has 3 heterocycles. The Morgan fingerprint density at radius 3 is 2.95 bits per heavy atom. The predicted molar refractivity (Wildman–Crippen MR) is 83.3 cm³/mol. The number of aryl methyl sites for hydroxylation is 1. The van der Waals surface area contributed by atoms with Gasteiger partial charge in [0, 0.05) is 36.3 Å². The van der Waals surface area contributed by atoms with E-state index in [9.17, 15) is 5.11 Å². The van der Waals surface area contributed by atoms with Crippen molar-refractivity contribution in [3.8, 4) is 11.6 Å². The van der Waals surface area contributed by atoms with Gasteiger partial charge < -0.3 is 14.1 Å². The predicted octanol–water partition coefficient (Wildman–Crippen LogP) is 3.36. The third-order valence-corrected chi connectivity index (χ3v) is 4.36. The summed E-state index contributed by atoms with van der Waals surface area (Å²) >= 11 is 1.73. The summed E-state index contributed by atoms with van der Waals surface area (Å²) in [6.45, 7) is 2.81. The molecule has 0 aromatic carbocycles. The van der Waals surface area contributed by atoms with Crippen LogP contribution < -0.4 is 0 Å². The van der Waals surface area contributed by atoms with Crippen molar-refractivity contribution < 1.29 is 9.52 Å². The number of furan rings is 1. The topological polar surface area (TPSA) is 51.2 Å². The van der Waals surface area contributed by atoms with Crippen LogP contribution in [0.1, 0.15) is 10.6 Å². The highest BCUT2D eigenvalue weighted by molar-refractivity contribution is 7.09. The first-order chi connectivity index (χ1) is 10.3. The van der Waals surface area contributed by atoms with Gasteiger partial charge in [0.2, 0.25) is 0 Å². The summed E-state index contributed by atoms with van der Waals surface area (Å²) in [6, 6.07) is 8.02. The zero-order valence-corrected chi connectivity index (χ0v) is 12.7. The Morgan fingerprint density at radius 2 is 2.29 bits per heavy atom. The van der Waals surface area contributed by atoms with E-state index in [2.05, 4.69) is 16.4 Å². The molecule has 0 bridgehead atoms. The molecule has 0 radical (unpaired) electrons. The number of hydrogen-bond acceptors (Lipinski definition) is 4. The molecule has 3 aromatic rings. The number of hydrogen-bond donors (Lipinski definition) is 1. The fourth-order valence-corrected chi connectivity index (χ4v) is 3.24.